The Morgan fingerprint density at radius 3 is 2.76 bits per heavy atom. The molecular weight excluding hydrogens is 387 g/mol. The van der Waals surface area contributed by atoms with Crippen LogP contribution < -0.4 is 11.1 Å². The van der Waals surface area contributed by atoms with E-state index in [0.29, 0.717) is 17.3 Å². The van der Waals surface area contributed by atoms with Gasteiger partial charge in [-0.05, 0) is 31.4 Å². The number of aromatic nitrogens is 3. The van der Waals surface area contributed by atoms with Crippen molar-refractivity contribution in [2.24, 2.45) is 5.73 Å². The SMILES string of the molecule is N[C@H]1CC[C@H](Nc2ncc(C(F)(F)F)c(-c3c[nH]c4cc(C(=O)O)ccc34)n2)C1. The summed E-state index contributed by atoms with van der Waals surface area (Å²) in [5.74, 6) is -1.02. The monoisotopic (exact) mass is 405 g/mol. The number of H-pyrrole nitrogens is 1. The maximum atomic E-state index is 13.6. The molecule has 0 saturated heterocycles. The summed E-state index contributed by atoms with van der Waals surface area (Å²) in [5.41, 5.74) is 5.31. The van der Waals surface area contributed by atoms with Crippen molar-refractivity contribution in [2.45, 2.75) is 37.5 Å². The van der Waals surface area contributed by atoms with Crippen molar-refractivity contribution in [3.63, 3.8) is 0 Å². The number of fused-ring (bicyclic) bond motifs is 1. The smallest absolute Gasteiger partial charge is 0.419 e. The Labute approximate surface area is 163 Å². The van der Waals surface area contributed by atoms with Gasteiger partial charge in [-0.3, -0.25) is 0 Å². The highest BCUT2D eigenvalue weighted by molar-refractivity contribution is 5.99. The second kappa shape index (κ2) is 7.03. The number of carbonyl (C=O) groups is 1. The maximum absolute atomic E-state index is 13.6. The van der Waals surface area contributed by atoms with E-state index in [-0.39, 0.29) is 34.9 Å². The third-order valence-electron chi connectivity index (χ3n) is 5.08. The topological polar surface area (TPSA) is 117 Å². The van der Waals surface area contributed by atoms with Gasteiger partial charge in [-0.2, -0.15) is 13.2 Å². The molecule has 0 spiro atoms. The van der Waals surface area contributed by atoms with Crippen molar-refractivity contribution in [1.82, 2.24) is 15.0 Å². The van der Waals surface area contributed by atoms with Crippen LogP contribution in [0.25, 0.3) is 22.2 Å². The Balaban J connectivity index is 1.79. The van der Waals surface area contributed by atoms with Gasteiger partial charge in [0.05, 0.1) is 11.3 Å². The molecule has 1 aromatic carbocycles. The molecule has 0 amide bonds. The summed E-state index contributed by atoms with van der Waals surface area (Å²) < 4.78 is 40.8. The number of nitrogens with zero attached hydrogens (tertiary/aromatic N) is 2. The Bertz CT molecular complexity index is 1080. The summed E-state index contributed by atoms with van der Waals surface area (Å²) >= 11 is 0. The molecular formula is C19H18F3N5O2. The number of aromatic carboxylic acids is 1. The molecule has 2 atom stereocenters. The highest BCUT2D eigenvalue weighted by Gasteiger charge is 2.36. The van der Waals surface area contributed by atoms with Gasteiger partial charge >= 0.3 is 12.1 Å². The van der Waals surface area contributed by atoms with Crippen molar-refractivity contribution in [3.8, 4) is 11.3 Å². The standard InChI is InChI=1S/C19H18F3N5O2/c20-19(21,22)14-8-25-18(26-11-3-2-10(23)6-11)27-16(14)13-7-24-15-5-9(17(28)29)1-4-12(13)15/h1,4-5,7-8,10-11,24H,2-3,6,23H2,(H,28,29)(H,25,26,27)/t10-,11-/m0/s1. The second-order valence-electron chi connectivity index (χ2n) is 7.14. The number of hydrogen-bond acceptors (Lipinski definition) is 5. The molecule has 1 aliphatic rings. The van der Waals surface area contributed by atoms with Crippen LogP contribution in [0.1, 0.15) is 35.2 Å². The summed E-state index contributed by atoms with van der Waals surface area (Å²) in [7, 11) is 0. The van der Waals surface area contributed by atoms with Crippen LogP contribution in [0.4, 0.5) is 19.1 Å². The second-order valence-corrected chi connectivity index (χ2v) is 7.14. The third-order valence-corrected chi connectivity index (χ3v) is 5.08. The van der Waals surface area contributed by atoms with Crippen molar-refractivity contribution in [2.75, 3.05) is 5.32 Å². The lowest BCUT2D eigenvalue weighted by Gasteiger charge is -2.16. The molecule has 1 aliphatic carbocycles. The van der Waals surface area contributed by atoms with Crippen LogP contribution in [0.5, 0.6) is 0 Å². The first-order valence-electron chi connectivity index (χ1n) is 9.03. The first-order valence-corrected chi connectivity index (χ1v) is 9.03. The summed E-state index contributed by atoms with van der Waals surface area (Å²) in [6, 6.07) is 4.24. The average Bonchev–Trinajstić information content (AvgIpc) is 3.26. The van der Waals surface area contributed by atoms with Crippen LogP contribution in [0.3, 0.4) is 0 Å². The summed E-state index contributed by atoms with van der Waals surface area (Å²) in [5, 5.41) is 12.6. The number of nitrogens with one attached hydrogen (secondary N) is 2. The fourth-order valence-electron chi connectivity index (χ4n) is 3.65. The van der Waals surface area contributed by atoms with Crippen LogP contribution >= 0.6 is 0 Å². The molecule has 0 radical (unpaired) electrons. The van der Waals surface area contributed by atoms with Crippen molar-refractivity contribution < 1.29 is 23.1 Å². The zero-order valence-corrected chi connectivity index (χ0v) is 15.1. The van der Waals surface area contributed by atoms with E-state index in [2.05, 4.69) is 20.3 Å². The number of carboxylic acid groups (broad SMARTS) is 1. The number of carboxylic acids is 1. The average molecular weight is 405 g/mol. The fraction of sp³-hybridized carbons (Fsp3) is 0.316. The van der Waals surface area contributed by atoms with E-state index in [9.17, 15) is 18.0 Å². The van der Waals surface area contributed by atoms with E-state index in [1.54, 1.807) is 0 Å². The number of halogens is 3. The number of hydrogen-bond donors (Lipinski definition) is 4. The molecule has 5 N–H and O–H groups in total. The molecule has 152 valence electrons. The van der Waals surface area contributed by atoms with Gasteiger partial charge in [0.2, 0.25) is 5.95 Å². The van der Waals surface area contributed by atoms with Crippen LogP contribution in [0.2, 0.25) is 0 Å². The van der Waals surface area contributed by atoms with Gasteiger partial charge in [0.1, 0.15) is 5.56 Å². The van der Waals surface area contributed by atoms with Crippen LogP contribution in [0, 0.1) is 0 Å². The van der Waals surface area contributed by atoms with Gasteiger partial charge in [-0.25, -0.2) is 14.8 Å². The summed E-state index contributed by atoms with van der Waals surface area (Å²) in [6.07, 6.45) is -0.155. The van der Waals surface area contributed by atoms with Gasteiger partial charge in [0.25, 0.3) is 0 Å². The molecule has 2 heterocycles. The Morgan fingerprint density at radius 1 is 1.31 bits per heavy atom. The van der Waals surface area contributed by atoms with Crippen LogP contribution in [-0.4, -0.2) is 38.1 Å². The Hall–Kier alpha value is -3.14. The minimum atomic E-state index is -4.64. The molecule has 0 unspecified atom stereocenters. The van der Waals surface area contributed by atoms with E-state index in [4.69, 9.17) is 10.8 Å². The normalized spacial score (nSPS) is 19.6. The van der Waals surface area contributed by atoms with E-state index in [1.807, 2.05) is 0 Å². The van der Waals surface area contributed by atoms with E-state index >= 15 is 0 Å². The molecule has 0 aliphatic heterocycles. The molecule has 2 aromatic heterocycles. The number of aromatic amines is 1. The molecule has 7 nitrogen and oxygen atoms in total. The van der Waals surface area contributed by atoms with E-state index in [0.717, 1.165) is 19.0 Å². The number of anilines is 1. The van der Waals surface area contributed by atoms with Gasteiger partial charge in [-0.15, -0.1) is 0 Å². The summed E-state index contributed by atoms with van der Waals surface area (Å²) in [6.45, 7) is 0. The molecule has 10 heteroatoms. The first-order chi connectivity index (χ1) is 13.7. The highest BCUT2D eigenvalue weighted by Crippen LogP contribution is 2.39. The number of rotatable bonds is 4. The Morgan fingerprint density at radius 2 is 2.10 bits per heavy atom. The summed E-state index contributed by atoms with van der Waals surface area (Å²) in [4.78, 5) is 22.0. The zero-order valence-electron chi connectivity index (χ0n) is 15.1. The van der Waals surface area contributed by atoms with Crippen LogP contribution in [0.15, 0.2) is 30.6 Å². The minimum absolute atomic E-state index is 0.00989. The lowest BCUT2D eigenvalue weighted by Crippen LogP contribution is -2.22. The molecule has 0 bridgehead atoms. The fourth-order valence-corrected chi connectivity index (χ4v) is 3.65. The lowest BCUT2D eigenvalue weighted by molar-refractivity contribution is -0.137. The van der Waals surface area contributed by atoms with Crippen molar-refractivity contribution >= 4 is 22.8 Å². The predicted molar refractivity (Wildman–Crippen MR) is 101 cm³/mol. The van der Waals surface area contributed by atoms with Crippen LogP contribution in [-0.2, 0) is 6.18 Å². The van der Waals surface area contributed by atoms with E-state index in [1.165, 1.54) is 24.4 Å². The molecule has 29 heavy (non-hydrogen) atoms. The van der Waals surface area contributed by atoms with Gasteiger partial charge < -0.3 is 21.1 Å². The molecule has 3 aromatic rings. The first kappa shape index (κ1) is 19.2. The molecule has 4 rings (SSSR count). The number of benzene rings is 1. The van der Waals surface area contributed by atoms with Gasteiger partial charge in [-0.1, -0.05) is 6.07 Å². The maximum Gasteiger partial charge on any atom is 0.419 e. The zero-order chi connectivity index (χ0) is 20.8. The third kappa shape index (κ3) is 3.75. The number of nitrogens with two attached hydrogens (primary N) is 1. The lowest BCUT2D eigenvalue weighted by atomic mass is 10.0. The predicted octanol–water partition coefficient (Wildman–Crippen LogP) is 3.63. The van der Waals surface area contributed by atoms with Gasteiger partial charge in [0, 0.05) is 40.9 Å². The molecule has 1 fully saturated rings. The minimum Gasteiger partial charge on any atom is -0.478 e. The molecule has 1 saturated carbocycles. The largest absolute Gasteiger partial charge is 0.478 e. The van der Waals surface area contributed by atoms with E-state index < -0.39 is 17.7 Å². The van der Waals surface area contributed by atoms with Crippen molar-refractivity contribution in [3.05, 3.63) is 41.7 Å². The number of alkyl halides is 3. The van der Waals surface area contributed by atoms with Gasteiger partial charge in [0.15, 0.2) is 0 Å². The Kier molecular flexibility index (Phi) is 4.65. The quantitative estimate of drug-likeness (QED) is 0.527. The van der Waals surface area contributed by atoms with Crippen molar-refractivity contribution in [1.29, 1.82) is 0 Å². The highest BCUT2D eigenvalue weighted by atomic mass is 19.4.